The number of allylic oxidation sites excluding steroid dienone is 1. The van der Waals surface area contributed by atoms with Gasteiger partial charge in [0, 0.05) is 18.7 Å². The van der Waals surface area contributed by atoms with Gasteiger partial charge in [0.25, 0.3) is 5.56 Å². The summed E-state index contributed by atoms with van der Waals surface area (Å²) in [5.41, 5.74) is -0.503. The minimum absolute atomic E-state index is 0.120. The third kappa shape index (κ3) is 2.89. The Labute approximate surface area is 159 Å². The Balaban J connectivity index is 2.07. The second kappa shape index (κ2) is 7.18. The minimum atomic E-state index is -1.07. The van der Waals surface area contributed by atoms with Crippen LogP contribution in [-0.4, -0.2) is 18.7 Å². The maximum absolute atomic E-state index is 13.9. The smallest absolute Gasteiger partial charge is 0.321 e. The quantitative estimate of drug-likeness (QED) is 0.647. The van der Waals surface area contributed by atoms with Gasteiger partial charge in [-0.25, -0.2) is 23.1 Å². The van der Waals surface area contributed by atoms with E-state index in [2.05, 4.69) is 11.6 Å². The van der Waals surface area contributed by atoms with Crippen LogP contribution < -0.4 is 11.2 Å². The SMILES string of the molecule is C=CCn1cnc2c1c(=O)n(C1CCCCC1)c(=O)n2-c1ccc(F)c(F)c1. The maximum Gasteiger partial charge on any atom is 0.337 e. The monoisotopic (exact) mass is 386 g/mol. The molecule has 1 aliphatic carbocycles. The zero-order chi connectivity index (χ0) is 19.8. The fraction of sp³-hybridized carbons (Fsp3) is 0.350. The highest BCUT2D eigenvalue weighted by Crippen LogP contribution is 2.26. The molecule has 1 aromatic carbocycles. The molecule has 2 heterocycles. The van der Waals surface area contributed by atoms with Crippen LogP contribution in [0, 0.1) is 11.6 Å². The summed E-state index contributed by atoms with van der Waals surface area (Å²) in [4.78, 5) is 30.8. The molecule has 3 aromatic rings. The normalized spacial score (nSPS) is 15.2. The number of fused-ring (bicyclic) bond motifs is 1. The third-order valence-electron chi connectivity index (χ3n) is 5.28. The van der Waals surface area contributed by atoms with Crippen molar-refractivity contribution in [1.29, 1.82) is 0 Å². The van der Waals surface area contributed by atoms with Crippen LogP contribution in [0.2, 0.25) is 0 Å². The molecule has 0 aliphatic heterocycles. The fourth-order valence-electron chi connectivity index (χ4n) is 3.95. The average molecular weight is 386 g/mol. The van der Waals surface area contributed by atoms with E-state index in [9.17, 15) is 18.4 Å². The van der Waals surface area contributed by atoms with Gasteiger partial charge in [-0.3, -0.25) is 9.36 Å². The molecule has 4 rings (SSSR count). The van der Waals surface area contributed by atoms with Gasteiger partial charge in [0.15, 0.2) is 22.8 Å². The molecule has 1 saturated carbocycles. The molecule has 0 radical (unpaired) electrons. The average Bonchev–Trinajstić information content (AvgIpc) is 3.09. The van der Waals surface area contributed by atoms with Crippen molar-refractivity contribution in [1.82, 2.24) is 18.7 Å². The number of aromatic nitrogens is 4. The number of imidazole rings is 1. The molecule has 0 amide bonds. The van der Waals surface area contributed by atoms with Crippen LogP contribution in [0.5, 0.6) is 0 Å². The molecule has 146 valence electrons. The number of hydrogen-bond acceptors (Lipinski definition) is 3. The zero-order valence-corrected chi connectivity index (χ0v) is 15.3. The molecule has 8 heteroatoms. The Hall–Kier alpha value is -3.03. The Morgan fingerprint density at radius 2 is 1.89 bits per heavy atom. The molecule has 0 atom stereocenters. The maximum atomic E-state index is 13.9. The minimum Gasteiger partial charge on any atom is -0.321 e. The number of halogens is 2. The van der Waals surface area contributed by atoms with Crippen LogP contribution in [0.4, 0.5) is 8.78 Å². The third-order valence-corrected chi connectivity index (χ3v) is 5.28. The lowest BCUT2D eigenvalue weighted by molar-refractivity contribution is 0.335. The van der Waals surface area contributed by atoms with Crippen molar-refractivity contribution >= 4 is 11.2 Å². The molecule has 1 aliphatic rings. The van der Waals surface area contributed by atoms with Crippen LogP contribution in [0.1, 0.15) is 38.1 Å². The van der Waals surface area contributed by atoms with Crippen LogP contribution in [-0.2, 0) is 6.54 Å². The molecule has 0 saturated heterocycles. The molecule has 2 aromatic heterocycles. The largest absolute Gasteiger partial charge is 0.337 e. The highest BCUT2D eigenvalue weighted by molar-refractivity contribution is 5.72. The lowest BCUT2D eigenvalue weighted by atomic mass is 9.95. The summed E-state index contributed by atoms with van der Waals surface area (Å²) in [7, 11) is 0. The van der Waals surface area contributed by atoms with Crippen molar-refractivity contribution in [3.63, 3.8) is 0 Å². The Morgan fingerprint density at radius 1 is 1.14 bits per heavy atom. The van der Waals surface area contributed by atoms with Gasteiger partial charge in [-0.1, -0.05) is 25.3 Å². The first-order valence-corrected chi connectivity index (χ1v) is 9.31. The predicted molar refractivity (Wildman–Crippen MR) is 102 cm³/mol. The van der Waals surface area contributed by atoms with E-state index in [0.29, 0.717) is 6.54 Å². The summed E-state index contributed by atoms with van der Waals surface area (Å²) < 4.78 is 31.3. The molecule has 6 nitrogen and oxygen atoms in total. The van der Waals surface area contributed by atoms with Gasteiger partial charge in [0.2, 0.25) is 0 Å². The topological polar surface area (TPSA) is 61.8 Å². The lowest BCUT2D eigenvalue weighted by Crippen LogP contribution is -2.43. The van der Waals surface area contributed by atoms with Crippen molar-refractivity contribution in [3.05, 3.63) is 69.7 Å². The van der Waals surface area contributed by atoms with Gasteiger partial charge >= 0.3 is 5.69 Å². The summed E-state index contributed by atoms with van der Waals surface area (Å²) in [6.07, 6.45) is 7.48. The van der Waals surface area contributed by atoms with Gasteiger partial charge in [0.1, 0.15) is 0 Å². The first kappa shape index (κ1) is 18.3. The highest BCUT2D eigenvalue weighted by Gasteiger charge is 2.25. The van der Waals surface area contributed by atoms with Crippen molar-refractivity contribution in [2.24, 2.45) is 0 Å². The van der Waals surface area contributed by atoms with E-state index in [1.54, 1.807) is 10.6 Å². The molecule has 0 bridgehead atoms. The van der Waals surface area contributed by atoms with Gasteiger partial charge in [-0.05, 0) is 25.0 Å². The van der Waals surface area contributed by atoms with E-state index in [4.69, 9.17) is 0 Å². The molecule has 0 spiro atoms. The van der Waals surface area contributed by atoms with Crippen molar-refractivity contribution in [2.45, 2.75) is 44.7 Å². The van der Waals surface area contributed by atoms with E-state index in [-0.39, 0.29) is 22.9 Å². The number of hydrogen-bond donors (Lipinski definition) is 0. The van der Waals surface area contributed by atoms with E-state index in [1.165, 1.54) is 21.5 Å². The Kier molecular flexibility index (Phi) is 4.70. The van der Waals surface area contributed by atoms with Gasteiger partial charge in [-0.15, -0.1) is 6.58 Å². The summed E-state index contributed by atoms with van der Waals surface area (Å²) in [5, 5.41) is 0. The van der Waals surface area contributed by atoms with Crippen LogP contribution in [0.3, 0.4) is 0 Å². The van der Waals surface area contributed by atoms with Crippen molar-refractivity contribution in [2.75, 3.05) is 0 Å². The Bertz CT molecular complexity index is 1170. The molecular weight excluding hydrogens is 366 g/mol. The van der Waals surface area contributed by atoms with E-state index in [0.717, 1.165) is 44.2 Å². The Morgan fingerprint density at radius 3 is 2.57 bits per heavy atom. The number of rotatable bonds is 4. The second-order valence-electron chi connectivity index (χ2n) is 7.04. The van der Waals surface area contributed by atoms with Crippen molar-refractivity contribution in [3.8, 4) is 5.69 Å². The van der Waals surface area contributed by atoms with E-state index >= 15 is 0 Å². The summed E-state index contributed by atoms with van der Waals surface area (Å²) in [5.74, 6) is -2.08. The predicted octanol–water partition coefficient (Wildman–Crippen LogP) is 3.32. The van der Waals surface area contributed by atoms with Gasteiger partial charge in [-0.2, -0.15) is 0 Å². The molecule has 1 fully saturated rings. The highest BCUT2D eigenvalue weighted by atomic mass is 19.2. The lowest BCUT2D eigenvalue weighted by Gasteiger charge is -2.24. The van der Waals surface area contributed by atoms with Crippen molar-refractivity contribution < 1.29 is 8.78 Å². The molecule has 0 unspecified atom stereocenters. The number of benzene rings is 1. The van der Waals surface area contributed by atoms with Gasteiger partial charge in [0.05, 0.1) is 12.0 Å². The second-order valence-corrected chi connectivity index (χ2v) is 7.04. The number of nitrogens with zero attached hydrogens (tertiary/aromatic N) is 4. The van der Waals surface area contributed by atoms with E-state index in [1.807, 2.05) is 0 Å². The van der Waals surface area contributed by atoms with Gasteiger partial charge < -0.3 is 4.57 Å². The fourth-order valence-corrected chi connectivity index (χ4v) is 3.95. The molecular formula is C20H20F2N4O2. The summed E-state index contributed by atoms with van der Waals surface area (Å²) in [6, 6.07) is 2.99. The molecule has 0 N–H and O–H groups in total. The summed E-state index contributed by atoms with van der Waals surface area (Å²) in [6.45, 7) is 4.03. The molecule has 28 heavy (non-hydrogen) atoms. The van der Waals surface area contributed by atoms with Crippen LogP contribution in [0.25, 0.3) is 16.9 Å². The summed E-state index contributed by atoms with van der Waals surface area (Å²) >= 11 is 0. The standard InChI is InChI=1S/C20H20F2N4O2/c1-2-10-24-12-23-18-17(24)19(27)26(13-6-4-3-5-7-13)20(28)25(18)14-8-9-15(21)16(22)11-14/h2,8-9,11-13H,1,3-7,10H2. The van der Waals surface area contributed by atoms with Crippen LogP contribution >= 0.6 is 0 Å². The van der Waals surface area contributed by atoms with Crippen LogP contribution in [0.15, 0.2) is 46.8 Å². The zero-order valence-electron chi connectivity index (χ0n) is 15.3. The first-order chi connectivity index (χ1) is 13.5. The first-order valence-electron chi connectivity index (χ1n) is 9.31. The van der Waals surface area contributed by atoms with E-state index < -0.39 is 22.9 Å².